The molecule has 6 nitrogen and oxygen atoms in total. The molecule has 2 rings (SSSR count). The number of hydrogen-bond donors (Lipinski definition) is 2. The van der Waals surface area contributed by atoms with Gasteiger partial charge in [-0.25, -0.2) is 9.78 Å². The molecule has 0 bridgehead atoms. The van der Waals surface area contributed by atoms with Crippen LogP contribution < -0.4 is 10.6 Å². The normalized spacial score (nSPS) is 13.4. The van der Waals surface area contributed by atoms with Crippen molar-refractivity contribution in [1.82, 2.24) is 10.3 Å². The lowest BCUT2D eigenvalue weighted by atomic mass is 10.1. The topological polar surface area (TPSA) is 80.3 Å². The SMILES string of the molecule is COC(=O)[C@](NC(=O)c1ccc(Cl)cc1)(Nc1ccc(C)cn1)C(F)(F)F. The monoisotopic (exact) mass is 401 g/mol. The van der Waals surface area contributed by atoms with Gasteiger partial charge in [-0.15, -0.1) is 0 Å². The van der Waals surface area contributed by atoms with Gasteiger partial charge in [0, 0.05) is 16.8 Å². The van der Waals surface area contributed by atoms with E-state index in [0.717, 1.165) is 7.11 Å². The summed E-state index contributed by atoms with van der Waals surface area (Å²) in [5.41, 5.74) is -2.97. The second kappa shape index (κ2) is 7.83. The molecular weight excluding hydrogens is 387 g/mol. The molecule has 2 aromatic rings. The summed E-state index contributed by atoms with van der Waals surface area (Å²) in [7, 11) is 0.779. The Balaban J connectivity index is 2.46. The Bertz CT molecular complexity index is 826. The lowest BCUT2D eigenvalue weighted by Crippen LogP contribution is -2.69. The largest absolute Gasteiger partial charge is 0.466 e. The van der Waals surface area contributed by atoms with Gasteiger partial charge in [0.05, 0.1) is 7.11 Å². The summed E-state index contributed by atoms with van der Waals surface area (Å²) < 4.78 is 46.0. The van der Waals surface area contributed by atoms with E-state index in [4.69, 9.17) is 11.6 Å². The van der Waals surface area contributed by atoms with Crippen LogP contribution in [0.3, 0.4) is 0 Å². The van der Waals surface area contributed by atoms with Crippen molar-refractivity contribution in [2.75, 3.05) is 12.4 Å². The van der Waals surface area contributed by atoms with Gasteiger partial charge in [-0.2, -0.15) is 13.2 Å². The first kappa shape index (κ1) is 20.5. The molecule has 27 heavy (non-hydrogen) atoms. The van der Waals surface area contributed by atoms with Gasteiger partial charge in [-0.3, -0.25) is 4.79 Å². The Morgan fingerprint density at radius 2 is 1.74 bits per heavy atom. The summed E-state index contributed by atoms with van der Waals surface area (Å²) >= 11 is 5.71. The molecule has 0 aliphatic heterocycles. The van der Waals surface area contributed by atoms with Crippen LogP contribution in [0.15, 0.2) is 42.6 Å². The molecule has 144 valence electrons. The summed E-state index contributed by atoms with van der Waals surface area (Å²) in [6.45, 7) is 1.69. The van der Waals surface area contributed by atoms with Gasteiger partial charge < -0.3 is 15.4 Å². The van der Waals surface area contributed by atoms with E-state index in [9.17, 15) is 22.8 Å². The van der Waals surface area contributed by atoms with E-state index in [-0.39, 0.29) is 11.4 Å². The number of ether oxygens (including phenoxy) is 1. The number of amides is 1. The number of nitrogens with one attached hydrogen (secondary N) is 2. The predicted octanol–water partition coefficient (Wildman–Crippen LogP) is 3.32. The van der Waals surface area contributed by atoms with Crippen molar-refractivity contribution < 1.29 is 27.5 Å². The molecule has 0 saturated heterocycles. The third kappa shape index (κ3) is 4.48. The van der Waals surface area contributed by atoms with Crippen LogP contribution in [0.2, 0.25) is 5.02 Å². The Morgan fingerprint density at radius 1 is 1.11 bits per heavy atom. The number of aryl methyl sites for hydroxylation is 1. The molecule has 1 aromatic heterocycles. The van der Waals surface area contributed by atoms with Crippen LogP contribution in [0.25, 0.3) is 0 Å². The number of benzene rings is 1. The molecule has 1 heterocycles. The fourth-order valence-corrected chi connectivity index (χ4v) is 2.25. The van der Waals surface area contributed by atoms with Gasteiger partial charge in [0.1, 0.15) is 5.82 Å². The first-order valence-electron chi connectivity index (χ1n) is 7.53. The smallest absolute Gasteiger partial charge is 0.441 e. The number of esters is 1. The summed E-state index contributed by atoms with van der Waals surface area (Å²) in [6.07, 6.45) is -3.93. The van der Waals surface area contributed by atoms with Crippen molar-refractivity contribution in [2.24, 2.45) is 0 Å². The minimum atomic E-state index is -5.24. The van der Waals surface area contributed by atoms with Crippen molar-refractivity contribution in [3.8, 4) is 0 Å². The highest BCUT2D eigenvalue weighted by molar-refractivity contribution is 6.30. The molecular formula is C17H15ClF3N3O3. The molecule has 0 unspecified atom stereocenters. The summed E-state index contributed by atoms with van der Waals surface area (Å²) in [4.78, 5) is 28.3. The van der Waals surface area contributed by atoms with E-state index < -0.39 is 23.7 Å². The van der Waals surface area contributed by atoms with Gasteiger partial charge in [0.25, 0.3) is 5.91 Å². The molecule has 1 atom stereocenters. The zero-order chi connectivity index (χ0) is 20.2. The van der Waals surface area contributed by atoms with E-state index in [1.807, 2.05) is 5.32 Å². The van der Waals surface area contributed by atoms with Crippen LogP contribution in [-0.4, -0.2) is 35.8 Å². The number of halogens is 4. The van der Waals surface area contributed by atoms with Crippen LogP contribution in [0.4, 0.5) is 19.0 Å². The van der Waals surface area contributed by atoms with E-state index in [1.54, 1.807) is 12.2 Å². The average Bonchev–Trinajstić information content (AvgIpc) is 2.61. The van der Waals surface area contributed by atoms with E-state index in [1.165, 1.54) is 42.6 Å². The highest BCUT2D eigenvalue weighted by Gasteiger charge is 2.63. The van der Waals surface area contributed by atoms with Crippen LogP contribution in [0, 0.1) is 6.92 Å². The quantitative estimate of drug-likeness (QED) is 0.593. The zero-order valence-electron chi connectivity index (χ0n) is 14.2. The molecule has 10 heteroatoms. The Morgan fingerprint density at radius 3 is 2.22 bits per heavy atom. The van der Waals surface area contributed by atoms with E-state index >= 15 is 0 Å². The number of rotatable bonds is 5. The summed E-state index contributed by atoms with van der Waals surface area (Å²) in [5.74, 6) is -3.19. The number of aromatic nitrogens is 1. The Kier molecular flexibility index (Phi) is 5.94. The van der Waals surface area contributed by atoms with Gasteiger partial charge >= 0.3 is 17.8 Å². The number of carbonyl (C=O) groups excluding carboxylic acids is 2. The first-order chi connectivity index (χ1) is 12.6. The maximum atomic E-state index is 13.9. The summed E-state index contributed by atoms with van der Waals surface area (Å²) in [6, 6.07) is 7.85. The molecule has 0 aliphatic carbocycles. The van der Waals surface area contributed by atoms with Gasteiger partial charge in [0.2, 0.25) is 0 Å². The first-order valence-corrected chi connectivity index (χ1v) is 7.91. The number of methoxy groups -OCH3 is 1. The molecule has 2 N–H and O–H groups in total. The zero-order valence-corrected chi connectivity index (χ0v) is 15.0. The van der Waals surface area contributed by atoms with Crippen LogP contribution >= 0.6 is 11.6 Å². The molecule has 0 saturated carbocycles. The number of nitrogens with zero attached hydrogens (tertiary/aromatic N) is 1. The molecule has 0 aliphatic rings. The number of alkyl halides is 3. The standard InChI is InChI=1S/C17H15ClF3N3O3/c1-10-3-8-13(22-9-10)23-16(15(26)27-2,17(19,20)21)24-14(25)11-4-6-12(18)7-5-11/h3-9H,1-2H3,(H,22,23)(H,24,25)/t16-/m1/s1. The molecule has 0 fully saturated rings. The number of pyridine rings is 1. The summed E-state index contributed by atoms with van der Waals surface area (Å²) in [5, 5.41) is 3.94. The molecule has 1 amide bonds. The maximum absolute atomic E-state index is 13.9. The van der Waals surface area contributed by atoms with Crippen molar-refractivity contribution in [2.45, 2.75) is 18.8 Å². The molecule has 0 radical (unpaired) electrons. The predicted molar refractivity (Wildman–Crippen MR) is 92.3 cm³/mol. The molecule has 0 spiro atoms. The number of carbonyl (C=O) groups is 2. The fourth-order valence-electron chi connectivity index (χ4n) is 2.12. The van der Waals surface area contributed by atoms with E-state index in [0.29, 0.717) is 10.6 Å². The van der Waals surface area contributed by atoms with Crippen molar-refractivity contribution >= 4 is 29.3 Å². The molecule has 1 aromatic carbocycles. The van der Waals surface area contributed by atoms with Crippen LogP contribution in [0.1, 0.15) is 15.9 Å². The van der Waals surface area contributed by atoms with Gasteiger partial charge in [-0.1, -0.05) is 17.7 Å². The third-order valence-corrected chi connectivity index (χ3v) is 3.80. The number of anilines is 1. The second-order valence-corrected chi connectivity index (χ2v) is 5.98. The Hall–Kier alpha value is -2.81. The third-order valence-electron chi connectivity index (χ3n) is 3.55. The lowest BCUT2D eigenvalue weighted by Gasteiger charge is -2.34. The average molecular weight is 402 g/mol. The fraction of sp³-hybridized carbons (Fsp3) is 0.235. The highest BCUT2D eigenvalue weighted by atomic mass is 35.5. The highest BCUT2D eigenvalue weighted by Crippen LogP contribution is 2.33. The van der Waals surface area contributed by atoms with Crippen molar-refractivity contribution in [3.63, 3.8) is 0 Å². The van der Waals surface area contributed by atoms with Gasteiger partial charge in [-0.05, 0) is 42.8 Å². The maximum Gasteiger partial charge on any atom is 0.441 e. The van der Waals surface area contributed by atoms with E-state index in [2.05, 4.69) is 9.72 Å². The minimum Gasteiger partial charge on any atom is -0.466 e. The van der Waals surface area contributed by atoms with Crippen molar-refractivity contribution in [1.29, 1.82) is 0 Å². The second-order valence-electron chi connectivity index (χ2n) is 5.55. The van der Waals surface area contributed by atoms with Crippen molar-refractivity contribution in [3.05, 3.63) is 58.7 Å². The lowest BCUT2D eigenvalue weighted by molar-refractivity contribution is -0.203. The number of hydrogen-bond acceptors (Lipinski definition) is 5. The van der Waals surface area contributed by atoms with Crippen LogP contribution in [0.5, 0.6) is 0 Å². The Labute approximate surface area is 157 Å². The minimum absolute atomic E-state index is 0.129. The van der Waals surface area contributed by atoms with Crippen LogP contribution in [-0.2, 0) is 9.53 Å². The van der Waals surface area contributed by atoms with Gasteiger partial charge in [0.15, 0.2) is 0 Å².